The molecule has 1 saturated heterocycles. The van der Waals surface area contributed by atoms with Crippen LogP contribution in [-0.4, -0.2) is 44.2 Å². The first-order valence-corrected chi connectivity index (χ1v) is 3.88. The van der Waals surface area contributed by atoms with E-state index in [0.29, 0.717) is 12.6 Å². The van der Waals surface area contributed by atoms with Crippen molar-refractivity contribution in [2.24, 2.45) is 5.73 Å². The zero-order valence-electron chi connectivity index (χ0n) is 6.58. The number of likely N-dealkylation sites (N-methyl/N-ethyl adjacent to an activating group) is 1. The fourth-order valence-corrected chi connectivity index (χ4v) is 1.18. The molecule has 0 aromatic rings. The SMILES string of the molecule is CN1CC[N]C(CN)CC1. The average Bonchev–Trinajstić information content (AvgIpc) is 2.14. The molecule has 3 nitrogen and oxygen atoms in total. The third-order valence-corrected chi connectivity index (χ3v) is 1.99. The molecule has 0 aromatic carbocycles. The van der Waals surface area contributed by atoms with Crippen LogP contribution in [0.4, 0.5) is 0 Å². The van der Waals surface area contributed by atoms with Gasteiger partial charge >= 0.3 is 0 Å². The van der Waals surface area contributed by atoms with Gasteiger partial charge in [-0.2, -0.15) is 0 Å². The molecule has 2 N–H and O–H groups in total. The van der Waals surface area contributed by atoms with Crippen LogP contribution in [-0.2, 0) is 0 Å². The topological polar surface area (TPSA) is 43.4 Å². The van der Waals surface area contributed by atoms with Crippen LogP contribution in [0.3, 0.4) is 0 Å². The predicted octanol–water partition coefficient (Wildman–Crippen LogP) is -0.746. The van der Waals surface area contributed by atoms with Crippen molar-refractivity contribution in [3.05, 3.63) is 0 Å². The Bertz CT molecular complexity index is 94.9. The summed E-state index contributed by atoms with van der Waals surface area (Å²) in [6.45, 7) is 3.91. The molecule has 1 atom stereocenters. The third-order valence-electron chi connectivity index (χ3n) is 1.99. The van der Waals surface area contributed by atoms with Crippen LogP contribution in [0.2, 0.25) is 0 Å². The van der Waals surface area contributed by atoms with Gasteiger partial charge in [0.25, 0.3) is 0 Å². The summed E-state index contributed by atoms with van der Waals surface area (Å²) in [5.74, 6) is 0. The van der Waals surface area contributed by atoms with Crippen LogP contribution in [0, 0.1) is 0 Å². The molecule has 59 valence electrons. The number of hydrogen-bond acceptors (Lipinski definition) is 2. The van der Waals surface area contributed by atoms with E-state index in [1.54, 1.807) is 0 Å². The largest absolute Gasteiger partial charge is 0.329 e. The van der Waals surface area contributed by atoms with E-state index < -0.39 is 0 Å². The van der Waals surface area contributed by atoms with Crippen LogP contribution in [0.25, 0.3) is 0 Å². The maximum absolute atomic E-state index is 5.51. The van der Waals surface area contributed by atoms with Gasteiger partial charge in [-0.1, -0.05) is 0 Å². The van der Waals surface area contributed by atoms with Crippen molar-refractivity contribution >= 4 is 0 Å². The first-order valence-electron chi connectivity index (χ1n) is 3.88. The van der Waals surface area contributed by atoms with E-state index in [2.05, 4.69) is 17.3 Å². The number of nitrogens with zero attached hydrogens (tertiary/aromatic N) is 2. The Morgan fingerprint density at radius 3 is 3.10 bits per heavy atom. The van der Waals surface area contributed by atoms with Gasteiger partial charge in [-0.15, -0.1) is 0 Å². The van der Waals surface area contributed by atoms with E-state index in [1.165, 1.54) is 0 Å². The lowest BCUT2D eigenvalue weighted by Gasteiger charge is -2.11. The van der Waals surface area contributed by atoms with Crippen LogP contribution >= 0.6 is 0 Å². The van der Waals surface area contributed by atoms with Gasteiger partial charge in [0.1, 0.15) is 0 Å². The minimum Gasteiger partial charge on any atom is -0.329 e. The van der Waals surface area contributed by atoms with Crippen molar-refractivity contribution < 1.29 is 0 Å². The van der Waals surface area contributed by atoms with Crippen molar-refractivity contribution in [3.63, 3.8) is 0 Å². The summed E-state index contributed by atoms with van der Waals surface area (Å²) in [5.41, 5.74) is 5.51. The molecule has 3 heteroatoms. The van der Waals surface area contributed by atoms with Crippen LogP contribution < -0.4 is 11.1 Å². The van der Waals surface area contributed by atoms with Crippen molar-refractivity contribution in [1.82, 2.24) is 10.2 Å². The van der Waals surface area contributed by atoms with Gasteiger partial charge in [0.15, 0.2) is 0 Å². The zero-order valence-corrected chi connectivity index (χ0v) is 6.58. The Labute approximate surface area is 62.6 Å². The first-order chi connectivity index (χ1) is 4.83. The molecule has 0 spiro atoms. The molecule has 1 fully saturated rings. The summed E-state index contributed by atoms with van der Waals surface area (Å²) >= 11 is 0. The standard InChI is InChI=1S/C7H16N3/c1-10-4-2-7(6-8)9-3-5-10/h7H,2-6,8H2,1H3. The Hall–Kier alpha value is -0.120. The van der Waals surface area contributed by atoms with E-state index in [9.17, 15) is 0 Å². The third kappa shape index (κ3) is 2.25. The second kappa shape index (κ2) is 3.91. The number of rotatable bonds is 1. The Morgan fingerprint density at radius 2 is 2.40 bits per heavy atom. The molecule has 1 aliphatic rings. The molecular formula is C7H16N3. The quantitative estimate of drug-likeness (QED) is 0.523. The molecule has 1 radical (unpaired) electrons. The molecule has 1 heterocycles. The Balaban J connectivity index is 2.26. The molecule has 1 aliphatic heterocycles. The molecule has 1 rings (SSSR count). The van der Waals surface area contributed by atoms with Gasteiger partial charge in [-0.3, -0.25) is 0 Å². The molecule has 0 bridgehead atoms. The normalized spacial score (nSPS) is 30.0. The van der Waals surface area contributed by atoms with E-state index in [-0.39, 0.29) is 0 Å². The van der Waals surface area contributed by atoms with Crippen LogP contribution in [0.15, 0.2) is 0 Å². The summed E-state index contributed by atoms with van der Waals surface area (Å²) in [5, 5.41) is 4.43. The molecule has 0 saturated carbocycles. The van der Waals surface area contributed by atoms with E-state index in [4.69, 9.17) is 5.73 Å². The Kier molecular flexibility index (Phi) is 3.12. The van der Waals surface area contributed by atoms with E-state index >= 15 is 0 Å². The van der Waals surface area contributed by atoms with Crippen molar-refractivity contribution in [2.45, 2.75) is 12.5 Å². The fraction of sp³-hybridized carbons (Fsp3) is 1.00. The van der Waals surface area contributed by atoms with Gasteiger partial charge < -0.3 is 10.6 Å². The molecular weight excluding hydrogens is 126 g/mol. The number of hydrogen-bond donors (Lipinski definition) is 1. The average molecular weight is 142 g/mol. The molecule has 0 amide bonds. The van der Waals surface area contributed by atoms with Crippen molar-refractivity contribution in [2.75, 3.05) is 33.2 Å². The van der Waals surface area contributed by atoms with Gasteiger partial charge in [0.2, 0.25) is 0 Å². The van der Waals surface area contributed by atoms with Crippen molar-refractivity contribution in [1.29, 1.82) is 0 Å². The maximum Gasteiger partial charge on any atom is 0.0381 e. The zero-order chi connectivity index (χ0) is 7.40. The van der Waals surface area contributed by atoms with Gasteiger partial charge in [-0.25, -0.2) is 5.32 Å². The molecule has 10 heavy (non-hydrogen) atoms. The summed E-state index contributed by atoms with van der Waals surface area (Å²) in [7, 11) is 2.13. The lowest BCUT2D eigenvalue weighted by atomic mass is 10.2. The minimum absolute atomic E-state index is 0.421. The summed E-state index contributed by atoms with van der Waals surface area (Å²) < 4.78 is 0. The second-order valence-corrected chi connectivity index (χ2v) is 2.89. The van der Waals surface area contributed by atoms with Crippen LogP contribution in [0.1, 0.15) is 6.42 Å². The highest BCUT2D eigenvalue weighted by molar-refractivity contribution is 4.73. The van der Waals surface area contributed by atoms with Crippen LogP contribution in [0.5, 0.6) is 0 Å². The fourth-order valence-electron chi connectivity index (χ4n) is 1.18. The van der Waals surface area contributed by atoms with Gasteiger partial charge in [-0.05, 0) is 20.0 Å². The number of nitrogens with two attached hydrogens (primary N) is 1. The first kappa shape index (κ1) is 7.98. The second-order valence-electron chi connectivity index (χ2n) is 2.89. The monoisotopic (exact) mass is 142 g/mol. The van der Waals surface area contributed by atoms with E-state index in [0.717, 1.165) is 26.1 Å². The predicted molar refractivity (Wildman–Crippen MR) is 42.0 cm³/mol. The lowest BCUT2D eigenvalue weighted by Crippen LogP contribution is -2.30. The van der Waals surface area contributed by atoms with Gasteiger partial charge in [0, 0.05) is 25.7 Å². The Morgan fingerprint density at radius 1 is 1.60 bits per heavy atom. The summed E-state index contributed by atoms with van der Waals surface area (Å²) in [4.78, 5) is 2.30. The molecule has 0 aliphatic carbocycles. The highest BCUT2D eigenvalue weighted by Gasteiger charge is 2.12. The van der Waals surface area contributed by atoms with Crippen molar-refractivity contribution in [3.8, 4) is 0 Å². The molecule has 1 unspecified atom stereocenters. The van der Waals surface area contributed by atoms with Gasteiger partial charge in [0.05, 0.1) is 0 Å². The highest BCUT2D eigenvalue weighted by atomic mass is 15.1. The maximum atomic E-state index is 5.51. The lowest BCUT2D eigenvalue weighted by molar-refractivity contribution is 0.355. The molecule has 0 aromatic heterocycles. The summed E-state index contributed by atoms with van der Waals surface area (Å²) in [6.07, 6.45) is 1.13. The smallest absolute Gasteiger partial charge is 0.0381 e. The summed E-state index contributed by atoms with van der Waals surface area (Å²) in [6, 6.07) is 0.421. The van der Waals surface area contributed by atoms with E-state index in [1.807, 2.05) is 0 Å². The minimum atomic E-state index is 0.421. The highest BCUT2D eigenvalue weighted by Crippen LogP contribution is 1.98.